The Bertz CT molecular complexity index is 564. The minimum atomic E-state index is -4.58. The summed E-state index contributed by atoms with van der Waals surface area (Å²) in [6, 6.07) is 2.35. The van der Waals surface area contributed by atoms with Gasteiger partial charge in [0, 0.05) is 10.9 Å². The van der Waals surface area contributed by atoms with Crippen LogP contribution >= 0.6 is 22.9 Å². The quantitative estimate of drug-likeness (QED) is 0.578. The van der Waals surface area contributed by atoms with Gasteiger partial charge in [-0.25, -0.2) is 9.37 Å². The fraction of sp³-hybridized carbons (Fsp3) is 0.182. The van der Waals surface area contributed by atoms with E-state index in [-0.39, 0.29) is 11.4 Å². The third-order valence-electron chi connectivity index (χ3n) is 2.16. The zero-order chi connectivity index (χ0) is 13.3. The van der Waals surface area contributed by atoms with E-state index in [0.717, 1.165) is 23.5 Å². The summed E-state index contributed by atoms with van der Waals surface area (Å²) in [5.74, 6) is -0.778. The van der Waals surface area contributed by atoms with Crippen molar-refractivity contribution in [3.8, 4) is 10.6 Å². The fourth-order valence-corrected chi connectivity index (χ4v) is 2.41. The molecular formula is C11H6ClF4NS. The number of benzene rings is 1. The number of rotatable bonds is 2. The standard InChI is InChI=1S/C11H6ClF4NS/c12-4-9-5-18-10(17-9)6-1-7(11(14,15)16)3-8(13)2-6/h1-3,5H,4H2. The van der Waals surface area contributed by atoms with Crippen LogP contribution < -0.4 is 0 Å². The second-order valence-electron chi connectivity index (χ2n) is 3.50. The van der Waals surface area contributed by atoms with Crippen LogP contribution in [0.4, 0.5) is 17.6 Å². The highest BCUT2D eigenvalue weighted by Gasteiger charge is 2.31. The van der Waals surface area contributed by atoms with Crippen LogP contribution in [0, 0.1) is 5.82 Å². The third kappa shape index (κ3) is 2.81. The van der Waals surface area contributed by atoms with Crippen molar-refractivity contribution < 1.29 is 17.6 Å². The van der Waals surface area contributed by atoms with Gasteiger partial charge in [-0.2, -0.15) is 13.2 Å². The largest absolute Gasteiger partial charge is 0.416 e. The summed E-state index contributed by atoms with van der Waals surface area (Å²) in [5.41, 5.74) is -0.377. The Labute approximate surface area is 109 Å². The molecule has 0 unspecified atom stereocenters. The van der Waals surface area contributed by atoms with Gasteiger partial charge in [-0.15, -0.1) is 22.9 Å². The summed E-state index contributed by atoms with van der Waals surface area (Å²) < 4.78 is 50.8. The molecular weight excluding hydrogens is 290 g/mol. The molecule has 1 heterocycles. The minimum absolute atomic E-state index is 0.101. The van der Waals surface area contributed by atoms with E-state index < -0.39 is 17.6 Å². The van der Waals surface area contributed by atoms with Gasteiger partial charge in [0.2, 0.25) is 0 Å². The van der Waals surface area contributed by atoms with Crippen molar-refractivity contribution in [3.05, 3.63) is 40.7 Å². The molecule has 0 fully saturated rings. The van der Waals surface area contributed by atoms with Crippen LogP contribution in [-0.2, 0) is 12.1 Å². The van der Waals surface area contributed by atoms with Crippen LogP contribution in [-0.4, -0.2) is 4.98 Å². The first kappa shape index (κ1) is 13.3. The normalized spacial score (nSPS) is 11.8. The molecule has 0 aliphatic rings. The Morgan fingerprint density at radius 2 is 1.94 bits per heavy atom. The summed E-state index contributed by atoms with van der Waals surface area (Å²) in [7, 11) is 0. The predicted molar refractivity (Wildman–Crippen MR) is 62.1 cm³/mol. The molecule has 0 aliphatic carbocycles. The summed E-state index contributed by atoms with van der Waals surface area (Å²) in [4.78, 5) is 4.02. The van der Waals surface area contributed by atoms with Gasteiger partial charge in [0.05, 0.1) is 17.1 Å². The molecule has 0 aliphatic heterocycles. The van der Waals surface area contributed by atoms with Crippen LogP contribution in [0.5, 0.6) is 0 Å². The van der Waals surface area contributed by atoms with Crippen molar-refractivity contribution >= 4 is 22.9 Å². The Morgan fingerprint density at radius 1 is 1.22 bits per heavy atom. The van der Waals surface area contributed by atoms with E-state index in [1.54, 1.807) is 5.38 Å². The summed E-state index contributed by atoms with van der Waals surface area (Å²) in [5, 5.41) is 1.94. The molecule has 0 bridgehead atoms. The molecule has 18 heavy (non-hydrogen) atoms. The van der Waals surface area contributed by atoms with Crippen molar-refractivity contribution in [3.63, 3.8) is 0 Å². The maximum absolute atomic E-state index is 13.2. The van der Waals surface area contributed by atoms with E-state index in [0.29, 0.717) is 16.8 Å². The molecule has 0 spiro atoms. The molecule has 2 rings (SSSR count). The summed E-state index contributed by atoms with van der Waals surface area (Å²) in [6.45, 7) is 0. The lowest BCUT2D eigenvalue weighted by Crippen LogP contribution is -2.05. The lowest BCUT2D eigenvalue weighted by atomic mass is 10.1. The van der Waals surface area contributed by atoms with Crippen molar-refractivity contribution in [2.24, 2.45) is 0 Å². The molecule has 0 saturated carbocycles. The Hall–Kier alpha value is -1.14. The highest BCUT2D eigenvalue weighted by atomic mass is 35.5. The molecule has 1 aromatic carbocycles. The topological polar surface area (TPSA) is 12.9 Å². The van der Waals surface area contributed by atoms with Gasteiger partial charge in [0.15, 0.2) is 0 Å². The van der Waals surface area contributed by atoms with Gasteiger partial charge in [0.25, 0.3) is 0 Å². The van der Waals surface area contributed by atoms with Crippen molar-refractivity contribution in [2.75, 3.05) is 0 Å². The average Bonchev–Trinajstić information content (AvgIpc) is 2.75. The van der Waals surface area contributed by atoms with E-state index in [2.05, 4.69) is 4.98 Å². The molecule has 0 atom stereocenters. The van der Waals surface area contributed by atoms with Gasteiger partial charge in [-0.3, -0.25) is 0 Å². The Kier molecular flexibility index (Phi) is 3.59. The Morgan fingerprint density at radius 3 is 2.50 bits per heavy atom. The first-order valence-corrected chi connectivity index (χ1v) is 6.20. The summed E-state index contributed by atoms with van der Waals surface area (Å²) in [6.07, 6.45) is -4.58. The van der Waals surface area contributed by atoms with E-state index in [1.807, 2.05) is 0 Å². The molecule has 0 amide bonds. The minimum Gasteiger partial charge on any atom is -0.240 e. The molecule has 0 saturated heterocycles. The monoisotopic (exact) mass is 295 g/mol. The molecule has 0 N–H and O–H groups in total. The van der Waals surface area contributed by atoms with Crippen molar-refractivity contribution in [1.82, 2.24) is 4.98 Å². The number of alkyl halides is 4. The maximum Gasteiger partial charge on any atom is 0.416 e. The average molecular weight is 296 g/mol. The van der Waals surface area contributed by atoms with Crippen LogP contribution in [0.15, 0.2) is 23.6 Å². The number of hydrogen-bond acceptors (Lipinski definition) is 2. The molecule has 1 nitrogen and oxygen atoms in total. The van der Waals surface area contributed by atoms with Crippen LogP contribution in [0.2, 0.25) is 0 Å². The highest BCUT2D eigenvalue weighted by molar-refractivity contribution is 7.13. The molecule has 96 valence electrons. The number of aromatic nitrogens is 1. The second kappa shape index (κ2) is 4.85. The highest BCUT2D eigenvalue weighted by Crippen LogP contribution is 2.34. The van der Waals surface area contributed by atoms with Gasteiger partial charge in [0.1, 0.15) is 10.8 Å². The number of hydrogen-bond donors (Lipinski definition) is 0. The molecule has 1 aromatic heterocycles. The third-order valence-corrected chi connectivity index (χ3v) is 3.37. The van der Waals surface area contributed by atoms with Crippen LogP contribution in [0.1, 0.15) is 11.3 Å². The van der Waals surface area contributed by atoms with Crippen LogP contribution in [0.25, 0.3) is 10.6 Å². The zero-order valence-corrected chi connectivity index (χ0v) is 10.3. The number of thiazole rings is 1. The Balaban J connectivity index is 2.48. The molecule has 0 radical (unpaired) electrons. The summed E-state index contributed by atoms with van der Waals surface area (Å²) >= 11 is 6.68. The molecule has 2 aromatic rings. The van der Waals surface area contributed by atoms with Gasteiger partial charge in [-0.1, -0.05) is 0 Å². The van der Waals surface area contributed by atoms with Crippen molar-refractivity contribution in [2.45, 2.75) is 12.1 Å². The van der Waals surface area contributed by atoms with Crippen LogP contribution in [0.3, 0.4) is 0 Å². The van der Waals surface area contributed by atoms with Gasteiger partial charge >= 0.3 is 6.18 Å². The smallest absolute Gasteiger partial charge is 0.240 e. The first-order chi connectivity index (χ1) is 8.40. The zero-order valence-electron chi connectivity index (χ0n) is 8.76. The van der Waals surface area contributed by atoms with Gasteiger partial charge in [-0.05, 0) is 18.2 Å². The first-order valence-electron chi connectivity index (χ1n) is 4.78. The molecule has 7 heteroatoms. The second-order valence-corrected chi connectivity index (χ2v) is 4.63. The lowest BCUT2D eigenvalue weighted by molar-refractivity contribution is -0.137. The van der Waals surface area contributed by atoms with Gasteiger partial charge < -0.3 is 0 Å². The van der Waals surface area contributed by atoms with E-state index >= 15 is 0 Å². The fourth-order valence-electron chi connectivity index (χ4n) is 1.38. The SMILES string of the molecule is Fc1cc(-c2nc(CCl)cs2)cc(C(F)(F)F)c1. The van der Waals surface area contributed by atoms with Crippen molar-refractivity contribution in [1.29, 1.82) is 0 Å². The lowest BCUT2D eigenvalue weighted by Gasteiger charge is -2.08. The van der Waals surface area contributed by atoms with E-state index in [9.17, 15) is 17.6 Å². The van der Waals surface area contributed by atoms with E-state index in [4.69, 9.17) is 11.6 Å². The number of nitrogens with zero attached hydrogens (tertiary/aromatic N) is 1. The van der Waals surface area contributed by atoms with E-state index in [1.165, 1.54) is 0 Å². The predicted octanol–water partition coefficient (Wildman–Crippen LogP) is 4.71. The maximum atomic E-state index is 13.2. The number of halogens is 5.